The standard InChI is InChI=1S/C9H7BrClNO3/c10-5-1-7(8(11)12-2-5)9(13)15-6-3-14-4-6/h1-2,6H,3-4H2. The van der Waals surface area contributed by atoms with Gasteiger partial charge in [0.05, 0.1) is 18.8 Å². The van der Waals surface area contributed by atoms with Crippen LogP contribution in [-0.2, 0) is 9.47 Å². The zero-order chi connectivity index (χ0) is 10.8. The van der Waals surface area contributed by atoms with E-state index >= 15 is 0 Å². The number of carbonyl (C=O) groups excluding carboxylic acids is 1. The second-order valence-electron chi connectivity index (χ2n) is 3.06. The van der Waals surface area contributed by atoms with Gasteiger partial charge in [-0.2, -0.15) is 0 Å². The van der Waals surface area contributed by atoms with Gasteiger partial charge in [0.15, 0.2) is 0 Å². The largest absolute Gasteiger partial charge is 0.454 e. The lowest BCUT2D eigenvalue weighted by atomic mass is 10.2. The number of carbonyl (C=O) groups is 1. The zero-order valence-corrected chi connectivity index (χ0v) is 9.92. The molecule has 1 aliphatic heterocycles. The van der Waals surface area contributed by atoms with E-state index < -0.39 is 5.97 Å². The molecule has 0 bridgehead atoms. The summed E-state index contributed by atoms with van der Waals surface area (Å²) in [5.74, 6) is -0.470. The van der Waals surface area contributed by atoms with Gasteiger partial charge < -0.3 is 9.47 Å². The number of esters is 1. The van der Waals surface area contributed by atoms with E-state index in [2.05, 4.69) is 20.9 Å². The summed E-state index contributed by atoms with van der Waals surface area (Å²) in [6.45, 7) is 0.898. The van der Waals surface area contributed by atoms with Crippen molar-refractivity contribution in [3.8, 4) is 0 Å². The van der Waals surface area contributed by atoms with Crippen LogP contribution in [-0.4, -0.2) is 30.3 Å². The van der Waals surface area contributed by atoms with E-state index in [1.165, 1.54) is 6.20 Å². The summed E-state index contributed by atoms with van der Waals surface area (Å²) in [5.41, 5.74) is 0.262. The average molecular weight is 293 g/mol. The Hall–Kier alpha value is -0.650. The lowest BCUT2D eigenvalue weighted by molar-refractivity contribution is -0.103. The maximum atomic E-state index is 11.6. The predicted octanol–water partition coefficient (Wildman–Crippen LogP) is 2.05. The van der Waals surface area contributed by atoms with Crippen LogP contribution < -0.4 is 0 Å². The number of aromatic nitrogens is 1. The van der Waals surface area contributed by atoms with Crippen molar-refractivity contribution >= 4 is 33.5 Å². The van der Waals surface area contributed by atoms with Crippen LogP contribution in [0.1, 0.15) is 10.4 Å². The quantitative estimate of drug-likeness (QED) is 0.618. The fourth-order valence-electron chi connectivity index (χ4n) is 1.06. The highest BCUT2D eigenvalue weighted by Gasteiger charge is 2.24. The minimum atomic E-state index is -0.470. The molecule has 6 heteroatoms. The third-order valence-electron chi connectivity index (χ3n) is 1.91. The number of hydrogen-bond donors (Lipinski definition) is 0. The van der Waals surface area contributed by atoms with E-state index in [4.69, 9.17) is 21.1 Å². The molecule has 15 heavy (non-hydrogen) atoms. The van der Waals surface area contributed by atoms with Crippen molar-refractivity contribution in [2.24, 2.45) is 0 Å². The van der Waals surface area contributed by atoms with Gasteiger partial charge in [0.2, 0.25) is 0 Å². The lowest BCUT2D eigenvalue weighted by Gasteiger charge is -2.25. The van der Waals surface area contributed by atoms with Gasteiger partial charge in [0.25, 0.3) is 0 Å². The van der Waals surface area contributed by atoms with Crippen LogP contribution in [0.3, 0.4) is 0 Å². The summed E-state index contributed by atoms with van der Waals surface area (Å²) in [7, 11) is 0. The van der Waals surface area contributed by atoms with Gasteiger partial charge in [-0.25, -0.2) is 9.78 Å². The molecule has 0 atom stereocenters. The molecule has 1 aliphatic rings. The molecule has 0 radical (unpaired) electrons. The minimum Gasteiger partial charge on any atom is -0.454 e. The molecule has 1 saturated heterocycles. The van der Waals surface area contributed by atoms with E-state index in [0.717, 1.165) is 0 Å². The summed E-state index contributed by atoms with van der Waals surface area (Å²) in [6, 6.07) is 1.58. The molecule has 0 aliphatic carbocycles. The molecule has 0 spiro atoms. The van der Waals surface area contributed by atoms with Gasteiger partial charge in [-0.1, -0.05) is 11.6 Å². The molecule has 1 aromatic rings. The third kappa shape index (κ3) is 2.48. The number of nitrogens with zero attached hydrogens (tertiary/aromatic N) is 1. The molecule has 0 saturated carbocycles. The van der Waals surface area contributed by atoms with E-state index in [0.29, 0.717) is 17.7 Å². The topological polar surface area (TPSA) is 48.4 Å². The molecule has 4 nitrogen and oxygen atoms in total. The first-order valence-corrected chi connectivity index (χ1v) is 5.43. The normalized spacial score (nSPS) is 15.9. The van der Waals surface area contributed by atoms with Crippen LogP contribution in [0, 0.1) is 0 Å². The van der Waals surface area contributed by atoms with Gasteiger partial charge >= 0.3 is 5.97 Å². The fraction of sp³-hybridized carbons (Fsp3) is 0.333. The van der Waals surface area contributed by atoms with Crippen molar-refractivity contribution in [1.82, 2.24) is 4.98 Å². The van der Waals surface area contributed by atoms with Crippen LogP contribution in [0.4, 0.5) is 0 Å². The van der Waals surface area contributed by atoms with Gasteiger partial charge in [-0.3, -0.25) is 0 Å². The third-order valence-corrected chi connectivity index (χ3v) is 2.64. The highest BCUT2D eigenvalue weighted by Crippen LogP contribution is 2.20. The van der Waals surface area contributed by atoms with Crippen molar-refractivity contribution in [1.29, 1.82) is 0 Å². The molecule has 0 amide bonds. The Morgan fingerprint density at radius 3 is 3.00 bits per heavy atom. The molecular weight excluding hydrogens is 285 g/mol. The number of hydrogen-bond acceptors (Lipinski definition) is 4. The van der Waals surface area contributed by atoms with Crippen molar-refractivity contribution < 1.29 is 14.3 Å². The summed E-state index contributed by atoms with van der Waals surface area (Å²) in [6.07, 6.45) is 1.36. The molecule has 2 rings (SSSR count). The number of pyridine rings is 1. The SMILES string of the molecule is O=C(OC1COC1)c1cc(Br)cnc1Cl. The smallest absolute Gasteiger partial charge is 0.341 e. The summed E-state index contributed by atoms with van der Waals surface area (Å²) >= 11 is 8.98. The van der Waals surface area contributed by atoms with Gasteiger partial charge in [-0.05, 0) is 22.0 Å². The van der Waals surface area contributed by atoms with Gasteiger partial charge in [0, 0.05) is 10.7 Å². The molecule has 80 valence electrons. The van der Waals surface area contributed by atoms with Crippen molar-refractivity contribution in [2.45, 2.75) is 6.10 Å². The molecule has 1 fully saturated rings. The zero-order valence-electron chi connectivity index (χ0n) is 7.57. The Morgan fingerprint density at radius 2 is 2.40 bits per heavy atom. The molecule has 2 heterocycles. The maximum Gasteiger partial charge on any atom is 0.341 e. The van der Waals surface area contributed by atoms with Crippen molar-refractivity contribution in [3.63, 3.8) is 0 Å². The minimum absolute atomic E-state index is 0.142. The second kappa shape index (κ2) is 4.47. The number of ether oxygens (including phenoxy) is 2. The van der Waals surface area contributed by atoms with Gasteiger partial charge in [-0.15, -0.1) is 0 Å². The highest BCUT2D eigenvalue weighted by atomic mass is 79.9. The summed E-state index contributed by atoms with van der Waals surface area (Å²) in [5, 5.41) is 0.142. The second-order valence-corrected chi connectivity index (χ2v) is 4.33. The Balaban J connectivity index is 2.12. The Bertz CT molecular complexity index is 395. The molecular formula is C9H7BrClNO3. The first kappa shape index (κ1) is 10.9. The van der Waals surface area contributed by atoms with E-state index in [1.807, 2.05) is 0 Å². The number of halogens is 2. The monoisotopic (exact) mass is 291 g/mol. The Kier molecular flexibility index (Phi) is 3.23. The predicted molar refractivity (Wildman–Crippen MR) is 57.0 cm³/mol. The van der Waals surface area contributed by atoms with Crippen LogP contribution >= 0.6 is 27.5 Å². The molecule has 0 unspecified atom stereocenters. The van der Waals surface area contributed by atoms with E-state index in [9.17, 15) is 4.79 Å². The first-order valence-electron chi connectivity index (χ1n) is 4.26. The summed E-state index contributed by atoms with van der Waals surface area (Å²) in [4.78, 5) is 15.4. The van der Waals surface area contributed by atoms with E-state index in [1.54, 1.807) is 6.07 Å². The maximum absolute atomic E-state index is 11.6. The molecule has 0 N–H and O–H groups in total. The number of rotatable bonds is 2. The van der Waals surface area contributed by atoms with Crippen LogP contribution in [0.25, 0.3) is 0 Å². The summed E-state index contributed by atoms with van der Waals surface area (Å²) < 4.78 is 10.7. The lowest BCUT2D eigenvalue weighted by Crippen LogP contribution is -2.37. The van der Waals surface area contributed by atoms with Crippen molar-refractivity contribution in [3.05, 3.63) is 27.5 Å². The highest BCUT2D eigenvalue weighted by molar-refractivity contribution is 9.10. The molecule has 0 aromatic carbocycles. The fourth-order valence-corrected chi connectivity index (χ4v) is 1.57. The van der Waals surface area contributed by atoms with Crippen LogP contribution in [0.15, 0.2) is 16.7 Å². The Morgan fingerprint density at radius 1 is 1.67 bits per heavy atom. The van der Waals surface area contributed by atoms with Gasteiger partial charge in [0.1, 0.15) is 11.3 Å². The average Bonchev–Trinajstić information content (AvgIpc) is 2.15. The molecule has 1 aromatic heterocycles. The van der Waals surface area contributed by atoms with Crippen LogP contribution in [0.2, 0.25) is 5.15 Å². The van der Waals surface area contributed by atoms with Crippen molar-refractivity contribution in [2.75, 3.05) is 13.2 Å². The first-order chi connectivity index (χ1) is 7.16. The Labute approximate surface area is 99.7 Å². The van der Waals surface area contributed by atoms with Crippen LogP contribution in [0.5, 0.6) is 0 Å². The van der Waals surface area contributed by atoms with E-state index in [-0.39, 0.29) is 16.8 Å².